The quantitative estimate of drug-likeness (QED) is 0.313. The van der Waals surface area contributed by atoms with Crippen LogP contribution in [0.1, 0.15) is 33.1 Å². The van der Waals surface area contributed by atoms with Crippen molar-refractivity contribution in [2.24, 2.45) is 10.9 Å². The van der Waals surface area contributed by atoms with Crippen molar-refractivity contribution < 1.29 is 0 Å². The molecule has 0 amide bonds. The Kier molecular flexibility index (Phi) is 10.4. The molecule has 2 aliphatic rings. The monoisotopic (exact) mass is 563 g/mol. The van der Waals surface area contributed by atoms with Gasteiger partial charge in [0, 0.05) is 43.2 Å². The summed E-state index contributed by atoms with van der Waals surface area (Å²) in [5.41, 5.74) is 1.28. The van der Waals surface area contributed by atoms with Crippen LogP contribution in [0.4, 0.5) is 5.69 Å². The fourth-order valence-corrected chi connectivity index (χ4v) is 4.66. The first-order valence-corrected chi connectivity index (χ1v) is 11.3. The molecule has 1 aromatic rings. The molecule has 158 valence electrons. The first kappa shape index (κ1) is 23.7. The normalized spacial score (nSPS) is 23.4. The summed E-state index contributed by atoms with van der Waals surface area (Å²) in [5.74, 6) is 1.67. The van der Waals surface area contributed by atoms with Crippen molar-refractivity contribution in [1.82, 2.24) is 15.5 Å². The Balaban J connectivity index is 0.00000280. The number of piperidine rings is 1. The maximum atomic E-state index is 4.92. The molecule has 1 aromatic carbocycles. The fraction of sp³-hybridized carbons (Fsp3) is 0.667. The Morgan fingerprint density at radius 1 is 1.18 bits per heavy atom. The average molecular weight is 564 g/mol. The Morgan fingerprint density at radius 2 is 2.00 bits per heavy atom. The standard InChI is InChI=1S/C21H34BrN5.HI/c1-3-23-21(24-14-17-8-7-12-26(4-2)15-17)25-18-11-13-27(16-18)20-10-6-5-9-19(20)22;/h5-6,9-10,17-18H,3-4,7-8,11-16H2,1-2H3,(H2,23,24,25);1H. The minimum absolute atomic E-state index is 0. The highest BCUT2D eigenvalue weighted by atomic mass is 127. The zero-order valence-electron chi connectivity index (χ0n) is 17.2. The molecule has 2 fully saturated rings. The third-order valence-corrected chi connectivity index (χ3v) is 6.29. The lowest BCUT2D eigenvalue weighted by Gasteiger charge is -2.31. The number of nitrogens with zero attached hydrogens (tertiary/aromatic N) is 3. The SMILES string of the molecule is CCNC(=NCC1CCCN(CC)C1)NC1CCN(c2ccccc2Br)C1.I. The summed E-state index contributed by atoms with van der Waals surface area (Å²) in [4.78, 5) is 9.93. The third-order valence-electron chi connectivity index (χ3n) is 5.62. The Morgan fingerprint density at radius 3 is 2.75 bits per heavy atom. The van der Waals surface area contributed by atoms with Gasteiger partial charge in [0.2, 0.25) is 0 Å². The van der Waals surface area contributed by atoms with Crippen LogP contribution in [0.3, 0.4) is 0 Å². The van der Waals surface area contributed by atoms with Crippen LogP contribution < -0.4 is 15.5 Å². The summed E-state index contributed by atoms with van der Waals surface area (Å²) < 4.78 is 1.17. The fourth-order valence-electron chi connectivity index (χ4n) is 4.13. The van der Waals surface area contributed by atoms with E-state index in [-0.39, 0.29) is 24.0 Å². The lowest BCUT2D eigenvalue weighted by Crippen LogP contribution is -2.45. The highest BCUT2D eigenvalue weighted by Crippen LogP contribution is 2.28. The van der Waals surface area contributed by atoms with Crippen molar-refractivity contribution in [3.63, 3.8) is 0 Å². The molecule has 5 nitrogen and oxygen atoms in total. The van der Waals surface area contributed by atoms with Crippen LogP contribution in [0, 0.1) is 5.92 Å². The first-order chi connectivity index (χ1) is 13.2. The molecule has 2 unspecified atom stereocenters. The smallest absolute Gasteiger partial charge is 0.191 e. The van der Waals surface area contributed by atoms with Gasteiger partial charge >= 0.3 is 0 Å². The van der Waals surface area contributed by atoms with Gasteiger partial charge in [0.1, 0.15) is 0 Å². The van der Waals surface area contributed by atoms with E-state index in [1.54, 1.807) is 0 Å². The maximum Gasteiger partial charge on any atom is 0.191 e. The van der Waals surface area contributed by atoms with Crippen molar-refractivity contribution in [2.75, 3.05) is 50.7 Å². The van der Waals surface area contributed by atoms with E-state index in [9.17, 15) is 0 Å². The van der Waals surface area contributed by atoms with Crippen LogP contribution >= 0.6 is 39.9 Å². The second-order valence-electron chi connectivity index (χ2n) is 7.65. The van der Waals surface area contributed by atoms with E-state index in [0.717, 1.165) is 45.1 Å². The number of aliphatic imine (C=N–C) groups is 1. The molecule has 2 aliphatic heterocycles. The van der Waals surface area contributed by atoms with Gasteiger partial charge in [-0.25, -0.2) is 0 Å². The second-order valence-corrected chi connectivity index (χ2v) is 8.50. The number of guanidine groups is 1. The van der Waals surface area contributed by atoms with Gasteiger partial charge in [-0.05, 0) is 73.3 Å². The van der Waals surface area contributed by atoms with Crippen LogP contribution in [0.15, 0.2) is 33.7 Å². The molecule has 3 rings (SSSR count). The number of nitrogens with one attached hydrogen (secondary N) is 2. The number of rotatable bonds is 6. The van der Waals surface area contributed by atoms with Crippen molar-refractivity contribution in [1.29, 1.82) is 0 Å². The molecule has 0 aromatic heterocycles. The van der Waals surface area contributed by atoms with E-state index in [1.807, 2.05) is 0 Å². The van der Waals surface area contributed by atoms with Crippen LogP contribution in [0.2, 0.25) is 0 Å². The molecule has 0 aliphatic carbocycles. The van der Waals surface area contributed by atoms with Crippen LogP contribution in [-0.4, -0.2) is 62.7 Å². The average Bonchev–Trinajstić information content (AvgIpc) is 3.15. The van der Waals surface area contributed by atoms with E-state index in [4.69, 9.17) is 4.99 Å². The van der Waals surface area contributed by atoms with Crippen LogP contribution in [-0.2, 0) is 0 Å². The van der Waals surface area contributed by atoms with Gasteiger partial charge in [-0.15, -0.1) is 24.0 Å². The van der Waals surface area contributed by atoms with Crippen molar-refractivity contribution in [3.05, 3.63) is 28.7 Å². The lowest BCUT2D eigenvalue weighted by molar-refractivity contribution is 0.186. The largest absolute Gasteiger partial charge is 0.368 e. The number of hydrogen-bond acceptors (Lipinski definition) is 3. The molecule has 28 heavy (non-hydrogen) atoms. The number of hydrogen-bond donors (Lipinski definition) is 2. The summed E-state index contributed by atoms with van der Waals surface area (Å²) in [6, 6.07) is 8.92. The van der Waals surface area contributed by atoms with Gasteiger partial charge < -0.3 is 20.4 Å². The summed E-state index contributed by atoms with van der Waals surface area (Å²) >= 11 is 3.68. The Labute approximate surface area is 195 Å². The van der Waals surface area contributed by atoms with Crippen LogP contribution in [0.25, 0.3) is 0 Å². The first-order valence-electron chi connectivity index (χ1n) is 10.5. The maximum absolute atomic E-state index is 4.92. The minimum atomic E-state index is 0. The van der Waals surface area contributed by atoms with Crippen LogP contribution in [0.5, 0.6) is 0 Å². The number of para-hydroxylation sites is 1. The summed E-state index contributed by atoms with van der Waals surface area (Å²) in [6.07, 6.45) is 3.75. The molecule has 0 spiro atoms. The van der Waals surface area contributed by atoms with E-state index in [0.29, 0.717) is 12.0 Å². The van der Waals surface area contributed by atoms with Gasteiger partial charge in [-0.1, -0.05) is 19.1 Å². The zero-order valence-corrected chi connectivity index (χ0v) is 21.1. The predicted molar refractivity (Wildman–Crippen MR) is 134 cm³/mol. The molecule has 7 heteroatoms. The van der Waals surface area contributed by atoms with Crippen molar-refractivity contribution in [2.45, 2.75) is 39.2 Å². The zero-order chi connectivity index (χ0) is 19.1. The van der Waals surface area contributed by atoms with Gasteiger partial charge in [-0.2, -0.15) is 0 Å². The van der Waals surface area contributed by atoms with Gasteiger partial charge in [0.05, 0.1) is 5.69 Å². The number of likely N-dealkylation sites (tertiary alicyclic amines) is 1. The Bertz CT molecular complexity index is 627. The van der Waals surface area contributed by atoms with Crippen molar-refractivity contribution >= 4 is 51.6 Å². The molecule has 0 radical (unpaired) electrons. The van der Waals surface area contributed by atoms with Gasteiger partial charge in [0.25, 0.3) is 0 Å². The van der Waals surface area contributed by atoms with Gasteiger partial charge in [-0.3, -0.25) is 4.99 Å². The molecular weight excluding hydrogens is 529 g/mol. The topological polar surface area (TPSA) is 42.9 Å². The highest BCUT2D eigenvalue weighted by Gasteiger charge is 2.25. The molecule has 2 N–H and O–H groups in total. The van der Waals surface area contributed by atoms with E-state index in [1.165, 1.54) is 36.1 Å². The highest BCUT2D eigenvalue weighted by molar-refractivity contribution is 14.0. The Hall–Kier alpha value is -0.540. The minimum Gasteiger partial charge on any atom is -0.368 e. The molecular formula is C21H35BrIN5. The molecule has 2 saturated heterocycles. The molecule has 0 saturated carbocycles. The van der Waals surface area contributed by atoms with Gasteiger partial charge in [0.15, 0.2) is 5.96 Å². The number of benzene rings is 1. The lowest BCUT2D eigenvalue weighted by atomic mass is 9.98. The summed E-state index contributed by atoms with van der Waals surface area (Å²) in [7, 11) is 0. The predicted octanol–water partition coefficient (Wildman–Crippen LogP) is 3.93. The molecule has 2 atom stereocenters. The number of halogens is 2. The third kappa shape index (κ3) is 6.76. The van der Waals surface area contributed by atoms with E-state index in [2.05, 4.69) is 74.5 Å². The number of anilines is 1. The second kappa shape index (κ2) is 12.2. The van der Waals surface area contributed by atoms with E-state index >= 15 is 0 Å². The van der Waals surface area contributed by atoms with E-state index < -0.39 is 0 Å². The summed E-state index contributed by atoms with van der Waals surface area (Å²) in [6.45, 7) is 11.9. The molecule has 0 bridgehead atoms. The van der Waals surface area contributed by atoms with Crippen molar-refractivity contribution in [3.8, 4) is 0 Å². The summed E-state index contributed by atoms with van der Waals surface area (Å²) in [5, 5.41) is 7.11. The molecule has 2 heterocycles.